The summed E-state index contributed by atoms with van der Waals surface area (Å²) in [5.74, 6) is 0. The smallest absolute Gasteiger partial charge is 0.417 e. The first-order valence-corrected chi connectivity index (χ1v) is 12.1. The first-order chi connectivity index (χ1) is 13.5. The first kappa shape index (κ1) is 23.9. The zero-order chi connectivity index (χ0) is 21.7. The highest BCUT2D eigenvalue weighted by atomic mass is 127. The van der Waals surface area contributed by atoms with Gasteiger partial charge in [0.05, 0.1) is 10.5 Å². The molecule has 0 amide bonds. The largest absolute Gasteiger partial charge is 0.744 e. The summed E-state index contributed by atoms with van der Waals surface area (Å²) in [6.07, 6.45) is -4.84. The molecule has 10 heteroatoms. The highest BCUT2D eigenvalue weighted by Crippen LogP contribution is 2.33. The second-order valence-electron chi connectivity index (χ2n) is 5.42. The van der Waals surface area contributed by atoms with E-state index in [-0.39, 0.29) is 21.2 Å². The Morgan fingerprint density at radius 1 is 0.759 bits per heavy atom. The predicted molar refractivity (Wildman–Crippen MR) is 99.7 cm³/mol. The number of hydrogen-bond acceptors (Lipinski definition) is 3. The van der Waals surface area contributed by atoms with Crippen LogP contribution < -0.4 is 21.2 Å². The summed E-state index contributed by atoms with van der Waals surface area (Å²) < 4.78 is 70.6. The number of halogens is 6. The molecule has 0 aromatic heterocycles. The van der Waals surface area contributed by atoms with E-state index in [4.69, 9.17) is 23.2 Å². The molecule has 3 aromatic carbocycles. The van der Waals surface area contributed by atoms with Crippen LogP contribution in [0, 0.1) is 7.14 Å². The molecule has 0 saturated heterocycles. The Kier molecular flexibility index (Phi) is 8.36. The number of hydrogen-bond donors (Lipinski definition) is 0. The molecule has 29 heavy (non-hydrogen) atoms. The molecule has 0 heterocycles. The molecule has 0 N–H and O–H groups in total. The Labute approximate surface area is 186 Å². The molecule has 3 rings (SSSR count). The molecule has 0 atom stereocenters. The lowest BCUT2D eigenvalue weighted by atomic mass is 10.2. The summed E-state index contributed by atoms with van der Waals surface area (Å²) in [7, 11) is -5.09. The van der Waals surface area contributed by atoms with Gasteiger partial charge in [0.2, 0.25) is 0 Å². The predicted octanol–water partition coefficient (Wildman–Crippen LogP) is 2.73. The van der Waals surface area contributed by atoms with E-state index in [0.29, 0.717) is 12.1 Å². The third kappa shape index (κ3) is 7.78. The minimum absolute atomic E-state index is 0.114. The Balaban J connectivity index is 0.000000208. The molecule has 3 aromatic rings. The van der Waals surface area contributed by atoms with Gasteiger partial charge >= 0.3 is 27.4 Å². The minimum atomic E-state index is -5.09. The molecular formula is C19H12Cl2F3IO3S. The van der Waals surface area contributed by atoms with Crippen molar-refractivity contribution in [1.82, 2.24) is 0 Å². The Morgan fingerprint density at radius 2 is 1.17 bits per heavy atom. The minimum Gasteiger partial charge on any atom is -0.744 e. The summed E-state index contributed by atoms with van der Waals surface area (Å²) >= 11 is 11.5. The number of alkyl halides is 3. The fourth-order valence-corrected chi connectivity index (χ4v) is 5.14. The normalized spacial score (nSPS) is 11.5. The van der Waals surface area contributed by atoms with Gasteiger partial charge in [-0.05, 0) is 60.7 Å². The van der Waals surface area contributed by atoms with E-state index in [9.17, 15) is 26.1 Å². The van der Waals surface area contributed by atoms with Gasteiger partial charge in [0.1, 0.15) is 10.1 Å². The van der Waals surface area contributed by atoms with Gasteiger partial charge in [0.15, 0.2) is 7.14 Å². The van der Waals surface area contributed by atoms with Crippen LogP contribution in [-0.4, -0.2) is 13.0 Å². The molecule has 0 unspecified atom stereocenters. The first-order valence-electron chi connectivity index (χ1n) is 7.75. The second kappa shape index (κ2) is 10.1. The lowest BCUT2D eigenvalue weighted by molar-refractivity contribution is -0.597. The molecule has 0 bridgehead atoms. The molecule has 154 valence electrons. The van der Waals surface area contributed by atoms with Crippen LogP contribution in [0.25, 0.3) is 0 Å². The average molecular weight is 575 g/mol. The van der Waals surface area contributed by atoms with Crippen LogP contribution in [0.2, 0.25) is 10.0 Å². The Morgan fingerprint density at radius 3 is 1.52 bits per heavy atom. The van der Waals surface area contributed by atoms with Gasteiger partial charge in [-0.2, -0.15) is 13.2 Å². The van der Waals surface area contributed by atoms with Crippen LogP contribution in [0.4, 0.5) is 13.2 Å². The van der Waals surface area contributed by atoms with Crippen molar-refractivity contribution < 1.29 is 47.3 Å². The average Bonchev–Trinajstić information content (AvgIpc) is 2.65. The Bertz CT molecular complexity index is 1010. The van der Waals surface area contributed by atoms with Crippen molar-refractivity contribution in [3.05, 3.63) is 95.5 Å². The number of benzene rings is 3. The van der Waals surface area contributed by atoms with Gasteiger partial charge in [0.25, 0.3) is 0 Å². The van der Waals surface area contributed by atoms with Gasteiger partial charge in [-0.1, -0.05) is 35.3 Å². The summed E-state index contributed by atoms with van der Waals surface area (Å²) in [4.78, 5) is -1.24. The topological polar surface area (TPSA) is 57.2 Å². The van der Waals surface area contributed by atoms with Crippen molar-refractivity contribution >= 4 is 33.3 Å². The van der Waals surface area contributed by atoms with E-state index in [0.717, 1.165) is 22.2 Å². The van der Waals surface area contributed by atoms with Gasteiger partial charge in [-0.15, -0.1) is 0 Å². The molecule has 0 radical (unpaired) electrons. The molecule has 0 aliphatic heterocycles. The van der Waals surface area contributed by atoms with Crippen molar-refractivity contribution in [2.24, 2.45) is 0 Å². The van der Waals surface area contributed by atoms with Crippen LogP contribution in [0.15, 0.2) is 77.7 Å². The van der Waals surface area contributed by atoms with E-state index in [2.05, 4.69) is 24.3 Å². The van der Waals surface area contributed by atoms with Gasteiger partial charge in [-0.25, -0.2) is 8.42 Å². The summed E-state index contributed by atoms with van der Waals surface area (Å²) in [6, 6.07) is 19.3. The van der Waals surface area contributed by atoms with Crippen LogP contribution in [0.1, 0.15) is 5.56 Å². The zero-order valence-corrected chi connectivity index (χ0v) is 18.8. The van der Waals surface area contributed by atoms with E-state index in [1.807, 2.05) is 24.3 Å². The van der Waals surface area contributed by atoms with E-state index < -0.39 is 26.8 Å². The maximum atomic E-state index is 12.2. The van der Waals surface area contributed by atoms with Crippen LogP contribution in [0.3, 0.4) is 0 Å². The third-order valence-corrected chi connectivity index (χ3v) is 7.37. The second-order valence-corrected chi connectivity index (χ2v) is 10.7. The Hall–Kier alpha value is -1.33. The quantitative estimate of drug-likeness (QED) is 0.357. The molecule has 0 saturated carbocycles. The van der Waals surface area contributed by atoms with Gasteiger partial charge in [0, 0.05) is 10.0 Å². The standard InChI is InChI=1S/C12H8Cl2I.C7H5F3O3S/c13-9-1-5-11(6-2-9)15-12-7-3-10(14)4-8-12;8-7(9,10)5-3-1-2-4-6(5)14(11,12)13/h1-8H;1-4H,(H,11,12,13)/q+1;/p-1. The molecular weight excluding hydrogens is 563 g/mol. The molecule has 3 nitrogen and oxygen atoms in total. The van der Waals surface area contributed by atoms with Crippen molar-refractivity contribution in [3.8, 4) is 0 Å². The van der Waals surface area contributed by atoms with Crippen LogP contribution in [-0.2, 0) is 16.3 Å². The van der Waals surface area contributed by atoms with E-state index >= 15 is 0 Å². The van der Waals surface area contributed by atoms with E-state index in [1.165, 1.54) is 7.14 Å². The van der Waals surface area contributed by atoms with Gasteiger partial charge in [-0.3, -0.25) is 0 Å². The molecule has 0 fully saturated rings. The van der Waals surface area contributed by atoms with Crippen molar-refractivity contribution in [3.63, 3.8) is 0 Å². The fraction of sp³-hybridized carbons (Fsp3) is 0.0526. The highest BCUT2D eigenvalue weighted by molar-refractivity contribution is 7.85. The summed E-state index contributed by atoms with van der Waals surface area (Å²) in [5.41, 5.74) is -1.44. The fourth-order valence-electron chi connectivity index (χ4n) is 2.03. The third-order valence-electron chi connectivity index (χ3n) is 3.29. The molecule has 0 spiro atoms. The lowest BCUT2D eigenvalue weighted by Crippen LogP contribution is -3.61. The highest BCUT2D eigenvalue weighted by Gasteiger charge is 2.34. The lowest BCUT2D eigenvalue weighted by Gasteiger charge is -2.14. The zero-order valence-electron chi connectivity index (χ0n) is 14.3. The maximum absolute atomic E-state index is 12.2. The summed E-state index contributed by atoms with van der Waals surface area (Å²) in [5, 5.41) is 1.58. The maximum Gasteiger partial charge on any atom is 0.417 e. The van der Waals surface area contributed by atoms with Crippen LogP contribution in [0.5, 0.6) is 0 Å². The van der Waals surface area contributed by atoms with Crippen molar-refractivity contribution in [1.29, 1.82) is 0 Å². The monoisotopic (exact) mass is 574 g/mol. The summed E-state index contributed by atoms with van der Waals surface area (Å²) in [6.45, 7) is 0. The molecule has 0 aliphatic rings. The van der Waals surface area contributed by atoms with Crippen LogP contribution >= 0.6 is 23.2 Å². The molecule has 0 aliphatic carbocycles. The number of rotatable bonds is 3. The van der Waals surface area contributed by atoms with Crippen molar-refractivity contribution in [2.75, 3.05) is 0 Å². The SMILES string of the molecule is Clc1ccc([I+]c2ccc(Cl)cc2)cc1.O=S(=O)([O-])c1ccccc1C(F)(F)F. The van der Waals surface area contributed by atoms with Crippen molar-refractivity contribution in [2.45, 2.75) is 11.1 Å². The van der Waals surface area contributed by atoms with Gasteiger partial charge < -0.3 is 4.55 Å². The van der Waals surface area contributed by atoms with E-state index in [1.54, 1.807) is 0 Å².